The van der Waals surface area contributed by atoms with Gasteiger partial charge in [-0.2, -0.15) is 0 Å². The van der Waals surface area contributed by atoms with Crippen LogP contribution < -0.4 is 9.62 Å². The van der Waals surface area contributed by atoms with Crippen LogP contribution in [0.15, 0.2) is 78.9 Å². The van der Waals surface area contributed by atoms with E-state index in [4.69, 9.17) is 11.6 Å². The Bertz CT molecular complexity index is 1410. The molecule has 1 atom stereocenters. The van der Waals surface area contributed by atoms with Gasteiger partial charge in [0, 0.05) is 23.5 Å². The molecule has 0 aliphatic heterocycles. The lowest BCUT2D eigenvalue weighted by Crippen LogP contribution is -2.56. The number of carbonyl (C=O) groups excluding carboxylic acids is 2. The van der Waals surface area contributed by atoms with Crippen LogP contribution in [0, 0.1) is 5.82 Å². The average molecular weight is 574 g/mol. The minimum Gasteiger partial charge on any atom is -0.350 e. The lowest BCUT2D eigenvalue weighted by Gasteiger charge is -2.35. The lowest BCUT2D eigenvalue weighted by molar-refractivity contribution is -0.140. The van der Waals surface area contributed by atoms with Gasteiger partial charge in [-0.1, -0.05) is 72.3 Å². The van der Waals surface area contributed by atoms with Crippen molar-refractivity contribution >= 4 is 39.1 Å². The molecule has 0 heterocycles. The molecule has 0 bridgehead atoms. The fourth-order valence-corrected chi connectivity index (χ4v) is 5.11. The molecule has 0 saturated carbocycles. The van der Waals surface area contributed by atoms with Crippen LogP contribution in [0.3, 0.4) is 0 Å². The number of nitrogens with one attached hydrogen (secondary N) is 1. The molecule has 0 radical (unpaired) electrons. The van der Waals surface area contributed by atoms with Crippen LogP contribution in [0.1, 0.15) is 31.9 Å². The molecule has 3 aromatic rings. The predicted octanol–water partition coefficient (Wildman–Crippen LogP) is 4.80. The minimum absolute atomic E-state index is 0.0670. The molecule has 3 aromatic carbocycles. The first-order chi connectivity index (χ1) is 18.3. The minimum atomic E-state index is -4.06. The van der Waals surface area contributed by atoms with Crippen molar-refractivity contribution in [2.75, 3.05) is 17.1 Å². The van der Waals surface area contributed by atoms with Crippen LogP contribution >= 0.6 is 11.6 Å². The molecule has 10 heteroatoms. The van der Waals surface area contributed by atoms with E-state index < -0.39 is 45.8 Å². The van der Waals surface area contributed by atoms with E-state index in [-0.39, 0.29) is 18.7 Å². The van der Waals surface area contributed by atoms with Gasteiger partial charge < -0.3 is 10.2 Å². The second-order valence-electron chi connectivity index (χ2n) is 10.3. The fraction of sp³-hybridized carbons (Fsp3) is 0.310. The van der Waals surface area contributed by atoms with E-state index in [0.29, 0.717) is 14.9 Å². The summed E-state index contributed by atoms with van der Waals surface area (Å²) in [6.07, 6.45) is 1.07. The van der Waals surface area contributed by atoms with Gasteiger partial charge in [0.25, 0.3) is 0 Å². The molecule has 0 aromatic heterocycles. The molecule has 0 fully saturated rings. The summed E-state index contributed by atoms with van der Waals surface area (Å²) >= 11 is 6.42. The van der Waals surface area contributed by atoms with Gasteiger partial charge >= 0.3 is 0 Å². The van der Waals surface area contributed by atoms with Crippen molar-refractivity contribution < 1.29 is 22.4 Å². The molecular weight excluding hydrogens is 541 g/mol. The maximum atomic E-state index is 14.7. The Kier molecular flexibility index (Phi) is 9.74. The summed E-state index contributed by atoms with van der Waals surface area (Å²) in [5.41, 5.74) is 0.519. The third kappa shape index (κ3) is 8.53. The summed E-state index contributed by atoms with van der Waals surface area (Å²) in [6, 6.07) is 20.4. The maximum Gasteiger partial charge on any atom is 0.244 e. The smallest absolute Gasteiger partial charge is 0.244 e. The fourth-order valence-electron chi connectivity index (χ4n) is 4.07. The Balaban J connectivity index is 2.10. The van der Waals surface area contributed by atoms with E-state index in [9.17, 15) is 22.4 Å². The monoisotopic (exact) mass is 573 g/mol. The van der Waals surface area contributed by atoms with Crippen LogP contribution in [0.2, 0.25) is 5.02 Å². The number of benzene rings is 3. The number of para-hydroxylation sites is 1. The lowest BCUT2D eigenvalue weighted by atomic mass is 10.0. The number of halogens is 2. The Hall–Kier alpha value is -3.43. The largest absolute Gasteiger partial charge is 0.350 e. The number of hydrogen-bond donors (Lipinski definition) is 1. The van der Waals surface area contributed by atoms with Gasteiger partial charge in [0.2, 0.25) is 21.8 Å². The number of rotatable bonds is 10. The summed E-state index contributed by atoms with van der Waals surface area (Å²) in [6.45, 7) is 4.71. The number of hydrogen-bond acceptors (Lipinski definition) is 4. The van der Waals surface area contributed by atoms with E-state index >= 15 is 0 Å². The molecule has 3 rings (SSSR count). The molecule has 7 nitrogen and oxygen atoms in total. The molecule has 0 aliphatic rings. The van der Waals surface area contributed by atoms with Gasteiger partial charge in [-0.3, -0.25) is 13.9 Å². The Labute approximate surface area is 234 Å². The van der Waals surface area contributed by atoms with Crippen LogP contribution in [0.25, 0.3) is 0 Å². The maximum absolute atomic E-state index is 14.7. The van der Waals surface area contributed by atoms with Crippen molar-refractivity contribution in [2.24, 2.45) is 0 Å². The van der Waals surface area contributed by atoms with Gasteiger partial charge in [-0.05, 0) is 50.1 Å². The van der Waals surface area contributed by atoms with Gasteiger partial charge in [-0.15, -0.1) is 0 Å². The standard InChI is InChI=1S/C29H33ClFN3O4S/c1-29(2,3)32-28(36)26(18-21-12-6-5-7-13-21)33(19-22-14-8-9-15-23(22)30)27(35)20-34(39(4,37)38)25-17-11-10-16-24(25)31/h5-17,26H,18-20H2,1-4H3,(H,32,36). The highest BCUT2D eigenvalue weighted by Crippen LogP contribution is 2.24. The summed E-state index contributed by atoms with van der Waals surface area (Å²) in [5.74, 6) is -1.89. The summed E-state index contributed by atoms with van der Waals surface area (Å²) < 4.78 is 40.8. The highest BCUT2D eigenvalue weighted by molar-refractivity contribution is 7.92. The van der Waals surface area contributed by atoms with Crippen LogP contribution in [-0.2, 0) is 32.6 Å². The van der Waals surface area contributed by atoms with E-state index in [2.05, 4.69) is 5.32 Å². The van der Waals surface area contributed by atoms with Crippen molar-refractivity contribution in [3.05, 3.63) is 101 Å². The molecule has 208 valence electrons. The number of anilines is 1. The Morgan fingerprint density at radius 3 is 2.13 bits per heavy atom. The first kappa shape index (κ1) is 30.1. The number of amides is 2. The third-order valence-corrected chi connectivity index (χ3v) is 7.36. The topological polar surface area (TPSA) is 86.8 Å². The zero-order chi connectivity index (χ0) is 28.8. The second kappa shape index (κ2) is 12.6. The average Bonchev–Trinajstić information content (AvgIpc) is 2.85. The SMILES string of the molecule is CC(C)(C)NC(=O)C(Cc1ccccc1)N(Cc1ccccc1Cl)C(=O)CN(c1ccccc1F)S(C)(=O)=O. The van der Waals surface area contributed by atoms with Gasteiger partial charge in [-0.25, -0.2) is 12.8 Å². The molecule has 1 N–H and O–H groups in total. The normalized spacial score (nSPS) is 12.5. The molecule has 0 saturated heterocycles. The summed E-state index contributed by atoms with van der Waals surface area (Å²) in [4.78, 5) is 29.0. The summed E-state index contributed by atoms with van der Waals surface area (Å²) in [5, 5.41) is 3.33. The number of nitrogens with zero attached hydrogens (tertiary/aromatic N) is 2. The Morgan fingerprint density at radius 1 is 0.949 bits per heavy atom. The molecule has 1 unspecified atom stereocenters. The first-order valence-electron chi connectivity index (χ1n) is 12.4. The van der Waals surface area contributed by atoms with Crippen molar-refractivity contribution in [2.45, 2.75) is 45.3 Å². The van der Waals surface area contributed by atoms with E-state index in [0.717, 1.165) is 17.9 Å². The molecule has 0 aliphatic carbocycles. The third-order valence-electron chi connectivity index (χ3n) is 5.87. The highest BCUT2D eigenvalue weighted by atomic mass is 35.5. The number of carbonyl (C=O) groups is 2. The van der Waals surface area contributed by atoms with E-state index in [1.807, 2.05) is 51.1 Å². The van der Waals surface area contributed by atoms with E-state index in [1.165, 1.54) is 23.1 Å². The van der Waals surface area contributed by atoms with E-state index in [1.54, 1.807) is 24.3 Å². The van der Waals surface area contributed by atoms with Crippen molar-refractivity contribution in [3.63, 3.8) is 0 Å². The number of sulfonamides is 1. The van der Waals surface area contributed by atoms with Crippen LogP contribution in [0.4, 0.5) is 10.1 Å². The van der Waals surface area contributed by atoms with Gasteiger partial charge in [0.1, 0.15) is 18.4 Å². The first-order valence-corrected chi connectivity index (χ1v) is 14.6. The van der Waals surface area contributed by atoms with Gasteiger partial charge in [0.05, 0.1) is 11.9 Å². The molecule has 39 heavy (non-hydrogen) atoms. The second-order valence-corrected chi connectivity index (χ2v) is 12.6. The van der Waals surface area contributed by atoms with Crippen LogP contribution in [0.5, 0.6) is 0 Å². The highest BCUT2D eigenvalue weighted by Gasteiger charge is 2.35. The molecular formula is C29H33ClFN3O4S. The van der Waals surface area contributed by atoms with Crippen molar-refractivity contribution in [1.29, 1.82) is 0 Å². The van der Waals surface area contributed by atoms with Crippen molar-refractivity contribution in [1.82, 2.24) is 10.2 Å². The zero-order valence-corrected chi connectivity index (χ0v) is 24.0. The van der Waals surface area contributed by atoms with Crippen molar-refractivity contribution in [3.8, 4) is 0 Å². The summed E-state index contributed by atoms with van der Waals surface area (Å²) in [7, 11) is -4.06. The molecule has 0 spiro atoms. The molecule has 2 amide bonds. The van der Waals surface area contributed by atoms with Crippen LogP contribution in [-0.4, -0.2) is 49.5 Å². The quantitative estimate of drug-likeness (QED) is 0.377. The zero-order valence-electron chi connectivity index (χ0n) is 22.4. The predicted molar refractivity (Wildman–Crippen MR) is 152 cm³/mol. The Morgan fingerprint density at radius 2 is 1.54 bits per heavy atom. The van der Waals surface area contributed by atoms with Gasteiger partial charge in [0.15, 0.2) is 0 Å².